The molecule has 0 aromatic heterocycles. The molecular formula is C32H53BrO3. The number of rotatable bonds is 4. The molecule has 5 aliphatic carbocycles. The molecule has 5 aliphatic rings. The maximum atomic E-state index is 13.7. The molecule has 10 atom stereocenters. The van der Waals surface area contributed by atoms with Gasteiger partial charge in [-0.3, -0.25) is 4.79 Å². The van der Waals surface area contributed by atoms with Crippen LogP contribution in [0.3, 0.4) is 0 Å². The Hall–Kier alpha value is -0.0900. The van der Waals surface area contributed by atoms with E-state index in [0.717, 1.165) is 24.6 Å². The van der Waals surface area contributed by atoms with Crippen molar-refractivity contribution in [3.05, 3.63) is 0 Å². The molecule has 0 unspecified atom stereocenters. The average molecular weight is 566 g/mol. The van der Waals surface area contributed by atoms with E-state index in [4.69, 9.17) is 4.74 Å². The van der Waals surface area contributed by atoms with E-state index in [1.54, 1.807) is 0 Å². The summed E-state index contributed by atoms with van der Waals surface area (Å²) in [5.74, 6) is 3.74. The molecule has 0 saturated heterocycles. The summed E-state index contributed by atoms with van der Waals surface area (Å²) in [5.41, 5.74) is 0.616. The summed E-state index contributed by atoms with van der Waals surface area (Å²) in [6.45, 7) is 17.9. The Morgan fingerprint density at radius 3 is 2.28 bits per heavy atom. The Balaban J connectivity index is 1.53. The summed E-state index contributed by atoms with van der Waals surface area (Å²) >= 11 is 3.47. The van der Waals surface area contributed by atoms with Crippen LogP contribution in [0.1, 0.15) is 113 Å². The molecule has 5 saturated carbocycles. The Bertz CT molecular complexity index is 869. The van der Waals surface area contributed by atoms with Gasteiger partial charge < -0.3 is 9.84 Å². The first kappa shape index (κ1) is 27.5. The van der Waals surface area contributed by atoms with Gasteiger partial charge in [-0.25, -0.2) is 0 Å². The largest absolute Gasteiger partial charge is 0.464 e. The van der Waals surface area contributed by atoms with E-state index in [2.05, 4.69) is 64.4 Å². The Morgan fingerprint density at radius 1 is 0.889 bits per heavy atom. The van der Waals surface area contributed by atoms with Crippen LogP contribution in [0, 0.1) is 62.6 Å². The molecule has 0 amide bonds. The van der Waals surface area contributed by atoms with Gasteiger partial charge in [-0.05, 0) is 121 Å². The van der Waals surface area contributed by atoms with Gasteiger partial charge in [0.2, 0.25) is 0 Å². The van der Waals surface area contributed by atoms with E-state index in [9.17, 15) is 9.90 Å². The van der Waals surface area contributed by atoms with Crippen molar-refractivity contribution in [2.45, 2.75) is 119 Å². The molecule has 0 radical (unpaired) electrons. The van der Waals surface area contributed by atoms with E-state index in [1.807, 2.05) is 0 Å². The summed E-state index contributed by atoms with van der Waals surface area (Å²) in [6, 6.07) is 0. The van der Waals surface area contributed by atoms with Gasteiger partial charge in [-0.15, -0.1) is 0 Å². The molecule has 0 bridgehead atoms. The number of alkyl halides is 1. The molecule has 0 heterocycles. The Labute approximate surface area is 229 Å². The maximum absolute atomic E-state index is 13.7. The molecule has 0 aromatic carbocycles. The SMILES string of the molecule is CC(C)[C@@H]1CC[C@]2(C(=O)OCCBr)CC[C@]3(C)[C@H](CC[C@@H]4[C@@]5(C)CC[C@H](O)C(C)(C)[C@@H]5CC[C@]43C)[C@@H]12. The zero-order valence-corrected chi connectivity index (χ0v) is 25.8. The molecule has 1 N–H and O–H groups in total. The highest BCUT2D eigenvalue weighted by Crippen LogP contribution is 2.77. The summed E-state index contributed by atoms with van der Waals surface area (Å²) < 4.78 is 5.92. The van der Waals surface area contributed by atoms with E-state index < -0.39 is 0 Å². The first-order chi connectivity index (χ1) is 16.8. The predicted octanol–water partition coefficient (Wildman–Crippen LogP) is 8.02. The van der Waals surface area contributed by atoms with Gasteiger partial charge in [0.15, 0.2) is 0 Å². The van der Waals surface area contributed by atoms with Gasteiger partial charge in [0.25, 0.3) is 0 Å². The maximum Gasteiger partial charge on any atom is 0.312 e. The van der Waals surface area contributed by atoms with Crippen LogP contribution in [-0.4, -0.2) is 29.1 Å². The Morgan fingerprint density at radius 2 is 1.61 bits per heavy atom. The van der Waals surface area contributed by atoms with Crippen LogP contribution in [0.5, 0.6) is 0 Å². The monoisotopic (exact) mass is 564 g/mol. The Kier molecular flexibility index (Phi) is 6.84. The molecule has 206 valence electrons. The molecule has 0 aliphatic heterocycles. The summed E-state index contributed by atoms with van der Waals surface area (Å²) in [4.78, 5) is 13.7. The normalized spacial score (nSPS) is 51.6. The van der Waals surface area contributed by atoms with Gasteiger partial charge >= 0.3 is 5.97 Å². The lowest BCUT2D eigenvalue weighted by atomic mass is 9.32. The summed E-state index contributed by atoms with van der Waals surface area (Å²) in [7, 11) is 0. The number of halogens is 1. The highest BCUT2D eigenvalue weighted by molar-refractivity contribution is 9.09. The van der Waals surface area contributed by atoms with Crippen molar-refractivity contribution in [3.8, 4) is 0 Å². The van der Waals surface area contributed by atoms with E-state index in [-0.39, 0.29) is 28.3 Å². The minimum absolute atomic E-state index is 0.00116. The number of carbonyl (C=O) groups is 1. The average Bonchev–Trinajstić information content (AvgIpc) is 3.22. The summed E-state index contributed by atoms with van der Waals surface area (Å²) in [6.07, 6.45) is 11.4. The highest BCUT2D eigenvalue weighted by atomic mass is 79.9. The topological polar surface area (TPSA) is 46.5 Å². The van der Waals surface area contributed by atoms with Crippen molar-refractivity contribution in [2.75, 3.05) is 11.9 Å². The van der Waals surface area contributed by atoms with Gasteiger partial charge in [0.05, 0.1) is 11.5 Å². The first-order valence-corrected chi connectivity index (χ1v) is 16.3. The zero-order valence-electron chi connectivity index (χ0n) is 24.2. The number of aliphatic hydroxyl groups excluding tert-OH is 1. The number of aliphatic hydroxyl groups is 1. The second-order valence-corrected chi connectivity index (χ2v) is 16.3. The molecule has 5 fully saturated rings. The lowest BCUT2D eigenvalue weighted by molar-refractivity contribution is -0.250. The minimum Gasteiger partial charge on any atom is -0.464 e. The van der Waals surface area contributed by atoms with Crippen molar-refractivity contribution in [1.29, 1.82) is 0 Å². The molecule has 0 aromatic rings. The molecule has 0 spiro atoms. The van der Waals surface area contributed by atoms with Crippen molar-refractivity contribution < 1.29 is 14.6 Å². The van der Waals surface area contributed by atoms with Crippen molar-refractivity contribution in [2.24, 2.45) is 62.6 Å². The van der Waals surface area contributed by atoms with Crippen LogP contribution in [0.2, 0.25) is 0 Å². The number of carbonyl (C=O) groups excluding carboxylic acids is 1. The lowest BCUT2D eigenvalue weighted by Gasteiger charge is -2.72. The molecule has 3 nitrogen and oxygen atoms in total. The van der Waals surface area contributed by atoms with Gasteiger partial charge in [-0.1, -0.05) is 64.4 Å². The van der Waals surface area contributed by atoms with E-state index >= 15 is 0 Å². The van der Waals surface area contributed by atoms with Crippen molar-refractivity contribution in [3.63, 3.8) is 0 Å². The van der Waals surface area contributed by atoms with Crippen molar-refractivity contribution in [1.82, 2.24) is 0 Å². The molecule has 5 rings (SSSR count). The number of fused-ring (bicyclic) bond motifs is 7. The van der Waals surface area contributed by atoms with E-state index in [0.29, 0.717) is 52.9 Å². The molecule has 36 heavy (non-hydrogen) atoms. The second kappa shape index (κ2) is 8.97. The van der Waals surface area contributed by atoms with Crippen molar-refractivity contribution >= 4 is 21.9 Å². The van der Waals surface area contributed by atoms with Gasteiger partial charge in [0.1, 0.15) is 6.61 Å². The third kappa shape index (κ3) is 3.47. The van der Waals surface area contributed by atoms with Crippen LogP contribution in [-0.2, 0) is 9.53 Å². The standard InChI is InChI=1S/C32H53BrO3/c1-20(2)21-10-15-32(27(35)36-19-18-33)17-16-30(6)22(26(21)32)8-9-24-29(5)13-12-25(34)28(3,4)23(29)11-14-31(24,30)7/h20-26,34H,8-19H2,1-7H3/t21-,22+,23-,24+,25-,26+,29-,30+,31+,32-/m0/s1. The number of ether oxygens (including phenoxy) is 1. The second-order valence-electron chi connectivity index (χ2n) is 15.5. The molecule has 4 heteroatoms. The fraction of sp³-hybridized carbons (Fsp3) is 0.969. The quantitative estimate of drug-likeness (QED) is 0.277. The molecular weight excluding hydrogens is 512 g/mol. The third-order valence-corrected chi connectivity index (χ3v) is 14.4. The number of esters is 1. The van der Waals surface area contributed by atoms with Gasteiger partial charge in [-0.2, -0.15) is 0 Å². The van der Waals surface area contributed by atoms with Gasteiger partial charge in [0, 0.05) is 5.33 Å². The number of hydrogen-bond acceptors (Lipinski definition) is 3. The fourth-order valence-electron chi connectivity index (χ4n) is 12.0. The smallest absolute Gasteiger partial charge is 0.312 e. The third-order valence-electron chi connectivity index (χ3n) is 14.0. The highest BCUT2D eigenvalue weighted by Gasteiger charge is 2.72. The van der Waals surface area contributed by atoms with Crippen LogP contribution < -0.4 is 0 Å². The number of hydrogen-bond donors (Lipinski definition) is 1. The summed E-state index contributed by atoms with van der Waals surface area (Å²) in [5, 5.41) is 11.7. The van der Waals surface area contributed by atoms with Crippen LogP contribution in [0.4, 0.5) is 0 Å². The first-order valence-electron chi connectivity index (χ1n) is 15.2. The lowest BCUT2D eigenvalue weighted by Crippen LogP contribution is -2.67. The fourth-order valence-corrected chi connectivity index (χ4v) is 12.2. The van der Waals surface area contributed by atoms with E-state index in [1.165, 1.54) is 44.9 Å². The van der Waals surface area contributed by atoms with Crippen LogP contribution in [0.15, 0.2) is 0 Å². The minimum atomic E-state index is -0.261. The van der Waals surface area contributed by atoms with Crippen LogP contribution in [0.25, 0.3) is 0 Å². The predicted molar refractivity (Wildman–Crippen MR) is 150 cm³/mol. The zero-order chi connectivity index (χ0) is 26.3. The van der Waals surface area contributed by atoms with Crippen LogP contribution >= 0.6 is 15.9 Å².